The molecule has 0 unspecified atom stereocenters. The molecule has 28 heavy (non-hydrogen) atoms. The van der Waals surface area contributed by atoms with Gasteiger partial charge in [-0.15, -0.1) is 13.2 Å². The first-order valence-electron chi connectivity index (χ1n) is 7.98. The second-order valence-electron chi connectivity index (χ2n) is 5.63. The Labute approximate surface area is 160 Å². The Kier molecular flexibility index (Phi) is 6.86. The topological polar surface area (TPSA) is 106 Å². The zero-order valence-electron chi connectivity index (χ0n) is 14.8. The highest BCUT2D eigenvalue weighted by Crippen LogP contribution is 2.26. The van der Waals surface area contributed by atoms with Crippen molar-refractivity contribution in [1.82, 2.24) is 10.6 Å². The van der Waals surface area contributed by atoms with Crippen molar-refractivity contribution >= 4 is 16.0 Å². The van der Waals surface area contributed by atoms with Crippen LogP contribution in [0.5, 0.6) is 5.75 Å². The molecule has 0 amide bonds. The van der Waals surface area contributed by atoms with Crippen molar-refractivity contribution in [2.45, 2.75) is 24.3 Å². The Morgan fingerprint density at radius 2 is 1.79 bits per heavy atom. The number of halogens is 3. The van der Waals surface area contributed by atoms with Gasteiger partial charge < -0.3 is 15.4 Å². The van der Waals surface area contributed by atoms with Crippen LogP contribution in [0, 0.1) is 0 Å². The molecule has 11 heteroatoms. The molecule has 0 bridgehead atoms. The molecule has 0 spiro atoms. The van der Waals surface area contributed by atoms with Crippen LogP contribution in [0.3, 0.4) is 0 Å². The molecule has 2 rings (SSSR count). The van der Waals surface area contributed by atoms with Crippen LogP contribution in [0.4, 0.5) is 13.2 Å². The predicted octanol–water partition coefficient (Wildman–Crippen LogP) is 2.10. The molecule has 0 saturated carbocycles. The van der Waals surface area contributed by atoms with E-state index in [1.165, 1.54) is 37.4 Å². The van der Waals surface area contributed by atoms with Crippen LogP contribution in [-0.2, 0) is 23.1 Å². The number of aliphatic imine (C=N–C) groups is 1. The van der Waals surface area contributed by atoms with Gasteiger partial charge in [0.2, 0.25) is 10.0 Å². The van der Waals surface area contributed by atoms with E-state index in [0.717, 1.165) is 0 Å². The van der Waals surface area contributed by atoms with Crippen molar-refractivity contribution in [1.29, 1.82) is 0 Å². The van der Waals surface area contributed by atoms with Crippen LogP contribution in [-0.4, -0.2) is 27.8 Å². The largest absolute Gasteiger partial charge is 0.573 e. The minimum Gasteiger partial charge on any atom is -0.405 e. The quantitative estimate of drug-likeness (QED) is 0.494. The van der Waals surface area contributed by atoms with Crippen molar-refractivity contribution in [2.75, 3.05) is 7.05 Å². The summed E-state index contributed by atoms with van der Waals surface area (Å²) in [5, 5.41) is 10.9. The van der Waals surface area contributed by atoms with Gasteiger partial charge in [0.1, 0.15) is 5.75 Å². The second kappa shape index (κ2) is 8.93. The zero-order chi connectivity index (χ0) is 20.8. The number of nitrogens with one attached hydrogen (secondary N) is 2. The van der Waals surface area contributed by atoms with Gasteiger partial charge in [-0.2, -0.15) is 0 Å². The summed E-state index contributed by atoms with van der Waals surface area (Å²) in [5.74, 6) is 0.00151. The van der Waals surface area contributed by atoms with Crippen LogP contribution in [0.15, 0.2) is 58.4 Å². The molecule has 0 aliphatic carbocycles. The number of ether oxygens (including phenoxy) is 1. The SMILES string of the molecule is CN=C(NCc1cccc(S(N)(=O)=O)c1)NCc1ccccc1OC(F)(F)F. The Morgan fingerprint density at radius 3 is 2.43 bits per heavy atom. The molecule has 0 fully saturated rings. The lowest BCUT2D eigenvalue weighted by Gasteiger charge is -2.15. The van der Waals surface area contributed by atoms with Crippen molar-refractivity contribution in [3.05, 3.63) is 59.7 Å². The number of para-hydroxylation sites is 1. The summed E-state index contributed by atoms with van der Waals surface area (Å²) in [6, 6.07) is 11.8. The van der Waals surface area contributed by atoms with Crippen molar-refractivity contribution in [3.63, 3.8) is 0 Å². The number of hydrogen-bond donors (Lipinski definition) is 3. The number of rotatable bonds is 6. The van der Waals surface area contributed by atoms with Gasteiger partial charge in [0.15, 0.2) is 5.96 Å². The first-order valence-corrected chi connectivity index (χ1v) is 9.53. The van der Waals surface area contributed by atoms with Crippen LogP contribution < -0.4 is 20.5 Å². The number of hydrogen-bond acceptors (Lipinski definition) is 4. The highest BCUT2D eigenvalue weighted by atomic mass is 32.2. The first kappa shape index (κ1) is 21.5. The standard InChI is InChI=1S/C17H19F3N4O3S/c1-22-16(23-10-12-5-4-7-14(9-12)28(21,25)26)24-11-13-6-2-3-8-15(13)27-17(18,19)20/h2-9H,10-11H2,1H3,(H2,21,25,26)(H2,22,23,24). The average Bonchev–Trinajstić information content (AvgIpc) is 2.61. The summed E-state index contributed by atoms with van der Waals surface area (Å²) >= 11 is 0. The van der Waals surface area contributed by atoms with Gasteiger partial charge >= 0.3 is 6.36 Å². The number of primary sulfonamides is 1. The van der Waals surface area contributed by atoms with Crippen LogP contribution in [0.25, 0.3) is 0 Å². The molecule has 2 aromatic rings. The third-order valence-electron chi connectivity index (χ3n) is 3.56. The summed E-state index contributed by atoms with van der Waals surface area (Å²) < 4.78 is 64.2. The smallest absolute Gasteiger partial charge is 0.405 e. The van der Waals surface area contributed by atoms with Crippen LogP contribution in [0.1, 0.15) is 11.1 Å². The fourth-order valence-corrected chi connectivity index (χ4v) is 2.88. The van der Waals surface area contributed by atoms with E-state index in [-0.39, 0.29) is 23.7 Å². The summed E-state index contributed by atoms with van der Waals surface area (Å²) in [5.41, 5.74) is 0.925. The monoisotopic (exact) mass is 416 g/mol. The number of nitrogens with two attached hydrogens (primary N) is 1. The zero-order valence-corrected chi connectivity index (χ0v) is 15.6. The number of guanidine groups is 1. The van der Waals surface area contributed by atoms with Crippen molar-refractivity contribution in [2.24, 2.45) is 10.1 Å². The summed E-state index contributed by atoms with van der Waals surface area (Å²) in [6.45, 7) is 0.257. The normalized spacial score (nSPS) is 12.5. The number of alkyl halides is 3. The lowest BCUT2D eigenvalue weighted by molar-refractivity contribution is -0.274. The second-order valence-corrected chi connectivity index (χ2v) is 7.19. The summed E-state index contributed by atoms with van der Waals surface area (Å²) in [4.78, 5) is 3.96. The molecule has 0 saturated heterocycles. The maximum atomic E-state index is 12.5. The van der Waals surface area contributed by atoms with Crippen LogP contribution in [0.2, 0.25) is 0 Å². The molecule has 152 valence electrons. The summed E-state index contributed by atoms with van der Waals surface area (Å²) in [6.07, 6.45) is -4.79. The number of benzene rings is 2. The number of sulfonamides is 1. The van der Waals surface area contributed by atoms with Gasteiger partial charge in [-0.05, 0) is 23.8 Å². The van der Waals surface area contributed by atoms with E-state index >= 15 is 0 Å². The van der Waals surface area contributed by atoms with Crippen LogP contribution >= 0.6 is 0 Å². The highest BCUT2D eigenvalue weighted by Gasteiger charge is 2.31. The molecular weight excluding hydrogens is 397 g/mol. The third kappa shape index (κ3) is 6.74. The average molecular weight is 416 g/mol. The molecule has 0 atom stereocenters. The number of nitrogens with zero attached hydrogens (tertiary/aromatic N) is 1. The molecule has 0 aromatic heterocycles. The maximum absolute atomic E-state index is 12.5. The predicted molar refractivity (Wildman–Crippen MR) is 98.0 cm³/mol. The first-order chi connectivity index (χ1) is 13.1. The molecule has 0 radical (unpaired) electrons. The molecule has 7 nitrogen and oxygen atoms in total. The Bertz CT molecular complexity index is 947. The van der Waals surface area contributed by atoms with E-state index in [0.29, 0.717) is 17.1 Å². The molecule has 0 aliphatic heterocycles. The fraction of sp³-hybridized carbons (Fsp3) is 0.235. The molecular formula is C17H19F3N4O3S. The van der Waals surface area contributed by atoms with Gasteiger partial charge in [-0.3, -0.25) is 4.99 Å². The van der Waals surface area contributed by atoms with Gasteiger partial charge in [-0.1, -0.05) is 30.3 Å². The van der Waals surface area contributed by atoms with E-state index in [2.05, 4.69) is 20.4 Å². The molecule has 0 heterocycles. The van der Waals surface area contributed by atoms with Gasteiger partial charge in [0.25, 0.3) is 0 Å². The molecule has 2 aromatic carbocycles. The molecule has 4 N–H and O–H groups in total. The fourth-order valence-electron chi connectivity index (χ4n) is 2.29. The van der Waals surface area contributed by atoms with Crippen molar-refractivity contribution in [3.8, 4) is 5.75 Å². The van der Waals surface area contributed by atoms with E-state index in [9.17, 15) is 21.6 Å². The van der Waals surface area contributed by atoms with E-state index in [4.69, 9.17) is 5.14 Å². The van der Waals surface area contributed by atoms with Gasteiger partial charge in [0.05, 0.1) is 4.90 Å². The van der Waals surface area contributed by atoms with E-state index in [1.54, 1.807) is 18.2 Å². The highest BCUT2D eigenvalue weighted by molar-refractivity contribution is 7.89. The molecule has 0 aliphatic rings. The minimum atomic E-state index is -4.79. The third-order valence-corrected chi connectivity index (χ3v) is 4.47. The lowest BCUT2D eigenvalue weighted by atomic mass is 10.2. The van der Waals surface area contributed by atoms with Crippen molar-refractivity contribution < 1.29 is 26.3 Å². The summed E-state index contributed by atoms with van der Waals surface area (Å²) in [7, 11) is -2.32. The van der Waals surface area contributed by atoms with E-state index < -0.39 is 16.4 Å². The Morgan fingerprint density at radius 1 is 1.11 bits per heavy atom. The maximum Gasteiger partial charge on any atom is 0.573 e. The minimum absolute atomic E-state index is 0.0204. The Balaban J connectivity index is 2.00. The lowest BCUT2D eigenvalue weighted by Crippen LogP contribution is -2.36. The van der Waals surface area contributed by atoms with Gasteiger partial charge in [0, 0.05) is 25.7 Å². The Hall–Kier alpha value is -2.79. The van der Waals surface area contributed by atoms with Gasteiger partial charge in [-0.25, -0.2) is 13.6 Å². The van der Waals surface area contributed by atoms with E-state index in [1.807, 2.05) is 0 Å².